The molecule has 0 aromatic heterocycles. The molecule has 0 N–H and O–H groups in total. The first-order valence-electron chi connectivity index (χ1n) is 8.30. The third-order valence-corrected chi connectivity index (χ3v) is 8.55. The minimum atomic E-state index is -6.00. The summed E-state index contributed by atoms with van der Waals surface area (Å²) in [5, 5.41) is 4.39. The molecule has 0 atom stereocenters. The molecule has 0 saturated carbocycles. The van der Waals surface area contributed by atoms with Gasteiger partial charge in [0.1, 0.15) is 0 Å². The van der Waals surface area contributed by atoms with Crippen LogP contribution in [0.1, 0.15) is 6.92 Å². The molecule has 0 nitrogen and oxygen atoms in total. The maximum absolute atomic E-state index is 9.75. The van der Waals surface area contributed by atoms with E-state index in [2.05, 4.69) is 97.9 Å². The van der Waals surface area contributed by atoms with Gasteiger partial charge in [-0.2, -0.15) is 0 Å². The Balaban J connectivity index is 0.000000431. The highest BCUT2D eigenvalue weighted by Crippen LogP contribution is 2.54. The summed E-state index contributed by atoms with van der Waals surface area (Å²) in [5.74, 6) is 0. The van der Waals surface area contributed by atoms with Crippen molar-refractivity contribution in [3.05, 3.63) is 91.0 Å². The number of rotatable bonds is 4. The summed E-state index contributed by atoms with van der Waals surface area (Å²) in [6, 6.07) is 33.0. The fraction of sp³-hybridized carbons (Fsp3) is 0.100. The van der Waals surface area contributed by atoms with Crippen molar-refractivity contribution in [3.63, 3.8) is 0 Å². The van der Waals surface area contributed by atoms with Crippen LogP contribution in [-0.2, 0) is 0 Å². The zero-order valence-electron chi connectivity index (χ0n) is 14.4. The molecule has 0 unspecified atom stereocenters. The van der Waals surface area contributed by atoms with Crippen LogP contribution in [0.2, 0.25) is 0 Å². The lowest BCUT2D eigenvalue weighted by atomic mass is 10.3. The van der Waals surface area contributed by atoms with E-state index in [0.717, 1.165) is 6.16 Å². The zero-order valence-corrected chi connectivity index (χ0v) is 15.3. The molecule has 26 heavy (non-hydrogen) atoms. The van der Waals surface area contributed by atoms with Crippen LogP contribution in [0.25, 0.3) is 0 Å². The molecule has 3 rings (SSSR count). The molecule has 0 fully saturated rings. The largest absolute Gasteiger partial charge is 0.673 e. The summed E-state index contributed by atoms with van der Waals surface area (Å²) < 4.78 is 39.0. The second-order valence-electron chi connectivity index (χ2n) is 5.63. The molecule has 0 bridgehead atoms. The van der Waals surface area contributed by atoms with Crippen molar-refractivity contribution in [3.8, 4) is 0 Å². The zero-order chi connectivity index (χ0) is 19.0. The van der Waals surface area contributed by atoms with E-state index >= 15 is 0 Å². The number of hydrogen-bond donors (Lipinski definition) is 0. The average Bonchev–Trinajstić information content (AvgIpc) is 2.64. The third kappa shape index (κ3) is 5.19. The molecule has 0 aliphatic carbocycles. The summed E-state index contributed by atoms with van der Waals surface area (Å²) in [7, 11) is -7.53. The first-order chi connectivity index (χ1) is 12.4. The molecular weight excluding hydrogens is 358 g/mol. The molecule has 137 valence electrons. The normalized spacial score (nSPS) is 11.4. The van der Waals surface area contributed by atoms with E-state index in [1.165, 1.54) is 15.9 Å². The van der Waals surface area contributed by atoms with Gasteiger partial charge in [0.05, 0.1) is 0 Å². The van der Waals surface area contributed by atoms with Crippen LogP contribution in [-0.4, -0.2) is 13.4 Å². The van der Waals surface area contributed by atoms with E-state index in [0.29, 0.717) is 0 Å². The van der Waals surface area contributed by atoms with Crippen molar-refractivity contribution in [2.45, 2.75) is 6.92 Å². The molecule has 0 amide bonds. The molecule has 0 spiro atoms. The van der Waals surface area contributed by atoms with E-state index in [1.54, 1.807) is 0 Å². The molecule has 1 radical (unpaired) electrons. The Morgan fingerprint density at radius 1 is 0.577 bits per heavy atom. The summed E-state index contributed by atoms with van der Waals surface area (Å²) in [6.07, 6.45) is 1.14. The Kier molecular flexibility index (Phi) is 6.99. The van der Waals surface area contributed by atoms with Crippen molar-refractivity contribution in [2.75, 3.05) is 6.16 Å². The Bertz CT molecular complexity index is 675. The van der Waals surface area contributed by atoms with Gasteiger partial charge in [-0.05, 0) is 29.3 Å². The Hall–Kier alpha value is -2.13. The summed E-state index contributed by atoms with van der Waals surface area (Å²) >= 11 is 0. The first-order valence-corrected chi connectivity index (χ1v) is 10.3. The minimum absolute atomic E-state index is 1.14. The van der Waals surface area contributed by atoms with E-state index in [4.69, 9.17) is 0 Å². The Morgan fingerprint density at radius 3 is 1.00 bits per heavy atom. The van der Waals surface area contributed by atoms with Gasteiger partial charge in [0.2, 0.25) is 0 Å². The highest BCUT2D eigenvalue weighted by Gasteiger charge is 2.31. The predicted octanol–water partition coefficient (Wildman–Crippen LogP) is 5.30. The van der Waals surface area contributed by atoms with Crippen LogP contribution in [0.4, 0.5) is 17.3 Å². The van der Waals surface area contributed by atoms with Crippen LogP contribution in [0, 0.1) is 0 Å². The topological polar surface area (TPSA) is 0 Å². The SMILES string of the molecule is CC[P](c1ccccc1)(c1ccccc1)c1ccccc1.F[B-](F)(F)F. The van der Waals surface area contributed by atoms with E-state index in [9.17, 15) is 17.3 Å². The minimum Gasteiger partial charge on any atom is -0.418 e. The van der Waals surface area contributed by atoms with Crippen LogP contribution < -0.4 is 15.9 Å². The summed E-state index contributed by atoms with van der Waals surface area (Å²) in [5.41, 5.74) is 0. The van der Waals surface area contributed by atoms with Gasteiger partial charge in [-0.3, -0.25) is 0 Å². The maximum atomic E-state index is 9.75. The summed E-state index contributed by atoms with van der Waals surface area (Å²) in [4.78, 5) is 0. The Morgan fingerprint density at radius 2 is 0.808 bits per heavy atom. The second kappa shape index (κ2) is 9.00. The lowest BCUT2D eigenvalue weighted by Crippen LogP contribution is -2.32. The highest BCUT2D eigenvalue weighted by molar-refractivity contribution is 7.95. The molecule has 3 aromatic rings. The first kappa shape index (κ1) is 20.2. The lowest BCUT2D eigenvalue weighted by molar-refractivity contribution is 0.368. The maximum Gasteiger partial charge on any atom is 0.673 e. The van der Waals surface area contributed by atoms with Crippen molar-refractivity contribution in [1.29, 1.82) is 0 Å². The van der Waals surface area contributed by atoms with E-state index in [-0.39, 0.29) is 0 Å². The molecular formula is C20H20BF4P-. The quantitative estimate of drug-likeness (QED) is 0.328. The van der Waals surface area contributed by atoms with Gasteiger partial charge in [-0.15, -0.1) is 0 Å². The van der Waals surface area contributed by atoms with Gasteiger partial charge >= 0.3 is 7.25 Å². The van der Waals surface area contributed by atoms with E-state index in [1.807, 2.05) is 0 Å². The van der Waals surface area contributed by atoms with Crippen LogP contribution in [0.15, 0.2) is 91.0 Å². The monoisotopic (exact) mass is 378 g/mol. The number of benzene rings is 3. The molecule has 0 saturated heterocycles. The van der Waals surface area contributed by atoms with Crippen LogP contribution >= 0.6 is 7.26 Å². The van der Waals surface area contributed by atoms with Gasteiger partial charge in [0.25, 0.3) is 0 Å². The standard InChI is InChI=1S/C20H20P.BF4/c1-2-21(18-12-6-3-7-13-18,19-14-8-4-9-15-19)20-16-10-5-11-17-20;2-1(3,4)5/h3-17H,2H2,1H3;/q;-1. The van der Waals surface area contributed by atoms with Crippen molar-refractivity contribution < 1.29 is 17.3 Å². The Labute approximate surface area is 152 Å². The fourth-order valence-electron chi connectivity index (χ4n) is 3.04. The lowest BCUT2D eigenvalue weighted by Gasteiger charge is -2.37. The third-order valence-electron chi connectivity index (χ3n) is 4.07. The van der Waals surface area contributed by atoms with Gasteiger partial charge in [-0.1, -0.05) is 97.9 Å². The summed E-state index contributed by atoms with van der Waals surface area (Å²) in [6.45, 7) is 2.32. The van der Waals surface area contributed by atoms with Gasteiger partial charge in [0.15, 0.2) is 0 Å². The number of halogens is 4. The van der Waals surface area contributed by atoms with Crippen molar-refractivity contribution >= 4 is 30.4 Å². The number of hydrogen-bond acceptors (Lipinski definition) is 0. The van der Waals surface area contributed by atoms with Gasteiger partial charge < -0.3 is 17.3 Å². The highest BCUT2D eigenvalue weighted by atomic mass is 31.2. The molecule has 0 aliphatic rings. The molecule has 3 aromatic carbocycles. The predicted molar refractivity (Wildman–Crippen MR) is 106 cm³/mol. The van der Waals surface area contributed by atoms with Gasteiger partial charge in [-0.25, -0.2) is 0 Å². The fourth-order valence-corrected chi connectivity index (χ4v) is 7.08. The van der Waals surface area contributed by atoms with Crippen molar-refractivity contribution in [1.82, 2.24) is 0 Å². The molecule has 0 aliphatic heterocycles. The second-order valence-corrected chi connectivity index (χ2v) is 9.43. The van der Waals surface area contributed by atoms with Crippen LogP contribution in [0.5, 0.6) is 0 Å². The van der Waals surface area contributed by atoms with E-state index < -0.39 is 14.5 Å². The smallest absolute Gasteiger partial charge is 0.418 e. The average molecular weight is 378 g/mol. The molecule has 6 heteroatoms. The van der Waals surface area contributed by atoms with Crippen LogP contribution in [0.3, 0.4) is 0 Å². The van der Waals surface area contributed by atoms with Gasteiger partial charge in [0, 0.05) is 0 Å². The van der Waals surface area contributed by atoms with Crippen molar-refractivity contribution in [2.24, 2.45) is 0 Å². The molecule has 0 heterocycles.